The van der Waals surface area contributed by atoms with E-state index in [0.717, 1.165) is 0 Å². The molecule has 2 aliphatic heterocycles. The summed E-state index contributed by atoms with van der Waals surface area (Å²) in [4.78, 5) is 17.6. The number of nitrogens with zero attached hydrogens (tertiary/aromatic N) is 1. The predicted molar refractivity (Wildman–Crippen MR) is 54.3 cm³/mol. The van der Waals surface area contributed by atoms with E-state index in [1.165, 1.54) is 6.07 Å². The minimum atomic E-state index is -0.354. The van der Waals surface area contributed by atoms with Crippen LogP contribution in [0.5, 0.6) is 0 Å². The Balaban J connectivity index is 2.87. The maximum Gasteiger partial charge on any atom is 0.272 e. The molecule has 0 aromatic heterocycles. The van der Waals surface area contributed by atoms with Gasteiger partial charge in [0.15, 0.2) is 5.82 Å². The van der Waals surface area contributed by atoms with E-state index in [9.17, 15) is 4.79 Å². The molecule has 0 fully saturated rings. The summed E-state index contributed by atoms with van der Waals surface area (Å²) in [5.41, 5.74) is 3.29. The van der Waals surface area contributed by atoms with E-state index in [0.29, 0.717) is 16.3 Å². The van der Waals surface area contributed by atoms with E-state index in [4.69, 9.17) is 17.4 Å². The Morgan fingerprint density at radius 2 is 2.36 bits per heavy atom. The number of rotatable bonds is 1. The van der Waals surface area contributed by atoms with Crippen LogP contribution in [0.4, 0.5) is 5.82 Å². The van der Waals surface area contributed by atoms with Gasteiger partial charge in [-0.3, -0.25) is 4.79 Å². The van der Waals surface area contributed by atoms with Crippen molar-refractivity contribution in [2.24, 2.45) is 5.84 Å². The van der Waals surface area contributed by atoms with Crippen LogP contribution >= 0.6 is 11.6 Å². The highest BCUT2D eigenvalue weighted by Gasteiger charge is 2.13. The molecule has 72 valence electrons. The van der Waals surface area contributed by atoms with Crippen LogP contribution in [0.15, 0.2) is 23.1 Å². The molecule has 0 saturated heterocycles. The van der Waals surface area contributed by atoms with Gasteiger partial charge in [0.05, 0.1) is 5.56 Å². The number of hydrogen-bond donors (Lipinski definition) is 3. The molecule has 0 aromatic rings. The number of aromatic amines is 1. The smallest absolute Gasteiger partial charge is 0.272 e. The molecule has 0 spiro atoms. The summed E-state index contributed by atoms with van der Waals surface area (Å²) in [6.45, 7) is 0. The second-order valence-corrected chi connectivity index (χ2v) is 3.09. The predicted octanol–water partition coefficient (Wildman–Crippen LogP) is 0.814. The number of hydrazine groups is 1. The highest BCUT2D eigenvalue weighted by Crippen LogP contribution is 2.31. The summed E-state index contributed by atoms with van der Waals surface area (Å²) >= 11 is 5.90. The number of nitrogen functional groups attached to an aromatic ring is 1. The van der Waals surface area contributed by atoms with Crippen molar-refractivity contribution < 1.29 is 0 Å². The third-order valence-electron chi connectivity index (χ3n) is 1.86. The Morgan fingerprint density at radius 3 is 3.07 bits per heavy atom. The molecule has 0 saturated carbocycles. The fraction of sp³-hybridized carbons (Fsp3) is 0. The van der Waals surface area contributed by atoms with Crippen molar-refractivity contribution in [1.82, 2.24) is 9.97 Å². The molecule has 6 heteroatoms. The van der Waals surface area contributed by atoms with Gasteiger partial charge in [0.2, 0.25) is 0 Å². The molecule has 0 unspecified atom stereocenters. The topological polar surface area (TPSA) is 83.8 Å². The van der Waals surface area contributed by atoms with Crippen LogP contribution in [-0.2, 0) is 0 Å². The average molecular weight is 211 g/mol. The summed E-state index contributed by atoms with van der Waals surface area (Å²) in [5, 5.41) is 0.392. The molecule has 2 aliphatic rings. The number of nitrogens with two attached hydrogens (primary N) is 1. The van der Waals surface area contributed by atoms with Crippen LogP contribution in [-0.4, -0.2) is 9.97 Å². The first kappa shape index (κ1) is 8.98. The summed E-state index contributed by atoms with van der Waals surface area (Å²) in [6.07, 6.45) is 1.64. The Hall–Kier alpha value is -1.59. The number of hydrogen-bond acceptors (Lipinski definition) is 4. The monoisotopic (exact) mass is 210 g/mol. The van der Waals surface area contributed by atoms with Crippen molar-refractivity contribution in [3.05, 3.63) is 33.8 Å². The molecular formula is C8H7ClN4O. The number of pyridine rings is 2. The summed E-state index contributed by atoms with van der Waals surface area (Å²) < 4.78 is 0. The van der Waals surface area contributed by atoms with Gasteiger partial charge < -0.3 is 10.4 Å². The van der Waals surface area contributed by atoms with Gasteiger partial charge in [-0.2, -0.15) is 4.98 Å². The Labute approximate surface area is 84.2 Å². The van der Waals surface area contributed by atoms with Crippen LogP contribution in [0.3, 0.4) is 0 Å². The maximum absolute atomic E-state index is 11.1. The molecule has 4 N–H and O–H groups in total. The first-order valence-corrected chi connectivity index (χ1v) is 4.24. The molecule has 0 aliphatic carbocycles. The molecule has 5 nitrogen and oxygen atoms in total. The van der Waals surface area contributed by atoms with Gasteiger partial charge in [-0.05, 0) is 11.6 Å². The van der Waals surface area contributed by atoms with Crippen molar-refractivity contribution in [2.75, 3.05) is 5.43 Å². The summed E-state index contributed by atoms with van der Waals surface area (Å²) in [7, 11) is 0. The number of fused-ring (bicyclic) bond motifs is 1. The van der Waals surface area contributed by atoms with E-state index in [-0.39, 0.29) is 11.4 Å². The number of halogens is 1. The van der Waals surface area contributed by atoms with Gasteiger partial charge in [-0.1, -0.05) is 11.6 Å². The molecule has 2 heterocycles. The fourth-order valence-corrected chi connectivity index (χ4v) is 1.55. The van der Waals surface area contributed by atoms with Gasteiger partial charge in [0.25, 0.3) is 5.56 Å². The second kappa shape index (κ2) is 3.28. The van der Waals surface area contributed by atoms with Crippen molar-refractivity contribution in [3.63, 3.8) is 0 Å². The lowest BCUT2D eigenvalue weighted by molar-refractivity contribution is 1.17. The zero-order chi connectivity index (χ0) is 10.1. The quantitative estimate of drug-likeness (QED) is 0.370. The first-order chi connectivity index (χ1) is 6.72. The van der Waals surface area contributed by atoms with Crippen molar-refractivity contribution >= 4 is 17.4 Å². The molecular weight excluding hydrogens is 204 g/mol. The van der Waals surface area contributed by atoms with Crippen LogP contribution in [0.1, 0.15) is 0 Å². The van der Waals surface area contributed by atoms with Crippen molar-refractivity contribution in [3.8, 4) is 11.1 Å². The molecule has 0 bridgehead atoms. The van der Waals surface area contributed by atoms with E-state index in [2.05, 4.69) is 15.4 Å². The van der Waals surface area contributed by atoms with Gasteiger partial charge >= 0.3 is 0 Å². The van der Waals surface area contributed by atoms with Gasteiger partial charge in [-0.15, -0.1) is 0 Å². The van der Waals surface area contributed by atoms with Crippen molar-refractivity contribution in [1.29, 1.82) is 0 Å². The van der Waals surface area contributed by atoms with E-state index >= 15 is 0 Å². The minimum absolute atomic E-state index is 0.273. The van der Waals surface area contributed by atoms with E-state index in [1.54, 1.807) is 12.3 Å². The highest BCUT2D eigenvalue weighted by molar-refractivity contribution is 6.32. The normalized spacial score (nSPS) is 10.4. The van der Waals surface area contributed by atoms with Crippen LogP contribution in [0.2, 0.25) is 5.15 Å². The largest absolute Gasteiger partial charge is 0.352 e. The zero-order valence-corrected chi connectivity index (χ0v) is 7.80. The first-order valence-electron chi connectivity index (χ1n) is 3.87. The number of aromatic nitrogens is 2. The van der Waals surface area contributed by atoms with Gasteiger partial charge in [0.1, 0.15) is 5.15 Å². The highest BCUT2D eigenvalue weighted by atomic mass is 35.5. The summed E-state index contributed by atoms with van der Waals surface area (Å²) in [5.74, 6) is 5.50. The molecule has 14 heavy (non-hydrogen) atoms. The number of anilines is 1. The van der Waals surface area contributed by atoms with Crippen LogP contribution < -0.4 is 16.8 Å². The standard InChI is InChI=1S/C8H7ClN4O/c9-7-6-4(1-2-11-7)3-5(14)12-8(6)13-10/h1-3,11H,10H2,(H,12,13,14). The van der Waals surface area contributed by atoms with Gasteiger partial charge in [0, 0.05) is 12.3 Å². The summed E-state index contributed by atoms with van der Waals surface area (Å²) in [6, 6.07) is 3.13. The van der Waals surface area contributed by atoms with Gasteiger partial charge in [-0.25, -0.2) is 5.84 Å². The minimum Gasteiger partial charge on any atom is -0.352 e. The van der Waals surface area contributed by atoms with Crippen molar-refractivity contribution in [2.45, 2.75) is 0 Å². The molecule has 2 rings (SSSR count). The lowest BCUT2D eigenvalue weighted by atomic mass is 10.1. The second-order valence-electron chi connectivity index (χ2n) is 2.71. The average Bonchev–Trinajstić information content (AvgIpc) is 2.16. The van der Waals surface area contributed by atoms with Crippen LogP contribution in [0, 0.1) is 0 Å². The van der Waals surface area contributed by atoms with E-state index < -0.39 is 0 Å². The molecule has 0 aromatic carbocycles. The Morgan fingerprint density at radius 1 is 1.57 bits per heavy atom. The third-order valence-corrected chi connectivity index (χ3v) is 2.15. The molecule has 0 atom stereocenters. The lowest BCUT2D eigenvalue weighted by Crippen LogP contribution is -2.16. The SMILES string of the molecule is NNc1nc(=O)cc2cc[nH]c(Cl)c1-2. The number of nitrogens with one attached hydrogen (secondary N) is 2. The Kier molecular flexibility index (Phi) is 2.11. The van der Waals surface area contributed by atoms with Crippen LogP contribution in [0.25, 0.3) is 11.1 Å². The Bertz CT molecular complexity index is 495. The number of H-pyrrole nitrogens is 1. The third kappa shape index (κ3) is 1.32. The molecule has 0 amide bonds. The van der Waals surface area contributed by atoms with E-state index in [1.807, 2.05) is 0 Å². The lowest BCUT2D eigenvalue weighted by Gasteiger charge is -2.10. The zero-order valence-electron chi connectivity index (χ0n) is 7.04. The maximum atomic E-state index is 11.1. The molecule has 0 radical (unpaired) electrons. The fourth-order valence-electron chi connectivity index (χ4n) is 1.28.